The van der Waals surface area contributed by atoms with Gasteiger partial charge in [-0.2, -0.15) is 0 Å². The molecule has 1 amide bonds. The third kappa shape index (κ3) is 3.43. The molecule has 0 atom stereocenters. The molecule has 6 heteroatoms. The van der Waals surface area contributed by atoms with Crippen molar-refractivity contribution in [2.24, 2.45) is 0 Å². The van der Waals surface area contributed by atoms with Gasteiger partial charge in [0, 0.05) is 4.88 Å². The van der Waals surface area contributed by atoms with Crippen LogP contribution in [0.15, 0.2) is 24.3 Å². The third-order valence-corrected chi connectivity index (χ3v) is 4.74. The number of benzene rings is 1. The molecule has 1 heterocycles. The quantitative estimate of drug-likeness (QED) is 0.885. The molecule has 0 radical (unpaired) electrons. The minimum absolute atomic E-state index is 0.0753. The summed E-state index contributed by atoms with van der Waals surface area (Å²) in [5, 5.41) is 11.9. The highest BCUT2D eigenvalue weighted by atomic mass is 35.5. The molecule has 1 aromatic heterocycles. The summed E-state index contributed by atoms with van der Waals surface area (Å²) in [6.07, 6.45) is 0.874. The lowest BCUT2D eigenvalue weighted by Crippen LogP contribution is -2.11. The number of hydrogen-bond donors (Lipinski definition) is 2. The van der Waals surface area contributed by atoms with Crippen LogP contribution in [0.5, 0.6) is 0 Å². The van der Waals surface area contributed by atoms with Crippen molar-refractivity contribution in [1.82, 2.24) is 0 Å². The molecular formula is C15H14ClNO3S. The number of carboxylic acids is 1. The molecule has 0 fully saturated rings. The molecule has 0 unspecified atom stereocenters. The smallest absolute Gasteiger partial charge is 0.335 e. The summed E-state index contributed by atoms with van der Waals surface area (Å²) in [5.41, 5.74) is 1.45. The van der Waals surface area contributed by atoms with Gasteiger partial charge in [-0.1, -0.05) is 18.5 Å². The van der Waals surface area contributed by atoms with Crippen LogP contribution in [0.2, 0.25) is 5.02 Å². The fourth-order valence-electron chi connectivity index (χ4n) is 1.92. The zero-order chi connectivity index (χ0) is 15.6. The minimum Gasteiger partial charge on any atom is -0.478 e. The first-order valence-corrected chi connectivity index (χ1v) is 7.55. The maximum Gasteiger partial charge on any atom is 0.335 e. The number of aryl methyl sites for hydroxylation is 2. The minimum atomic E-state index is -1.07. The highest BCUT2D eigenvalue weighted by Crippen LogP contribution is 2.26. The summed E-state index contributed by atoms with van der Waals surface area (Å²) in [6, 6.07) is 6.03. The Labute approximate surface area is 131 Å². The van der Waals surface area contributed by atoms with Gasteiger partial charge in [-0.3, -0.25) is 4.79 Å². The van der Waals surface area contributed by atoms with E-state index >= 15 is 0 Å². The predicted octanol–water partition coefficient (Wildman–Crippen LogP) is 4.22. The number of halogens is 1. The average Bonchev–Trinajstić information content (AvgIpc) is 2.82. The topological polar surface area (TPSA) is 66.4 Å². The largest absolute Gasteiger partial charge is 0.478 e. The lowest BCUT2D eigenvalue weighted by Gasteiger charge is -2.07. The molecule has 0 aliphatic rings. The summed E-state index contributed by atoms with van der Waals surface area (Å²) < 4.78 is 0. The van der Waals surface area contributed by atoms with E-state index in [2.05, 4.69) is 5.32 Å². The molecule has 4 nitrogen and oxygen atoms in total. The van der Waals surface area contributed by atoms with E-state index in [0.717, 1.165) is 16.9 Å². The van der Waals surface area contributed by atoms with Crippen molar-refractivity contribution in [2.75, 3.05) is 5.32 Å². The van der Waals surface area contributed by atoms with Crippen molar-refractivity contribution in [3.63, 3.8) is 0 Å². The number of rotatable bonds is 4. The normalized spacial score (nSPS) is 10.4. The van der Waals surface area contributed by atoms with Gasteiger partial charge in [0.1, 0.15) is 0 Å². The zero-order valence-electron chi connectivity index (χ0n) is 11.6. The van der Waals surface area contributed by atoms with Gasteiger partial charge in [-0.05, 0) is 43.2 Å². The van der Waals surface area contributed by atoms with Crippen molar-refractivity contribution in [3.8, 4) is 0 Å². The van der Waals surface area contributed by atoms with E-state index in [0.29, 0.717) is 15.6 Å². The summed E-state index contributed by atoms with van der Waals surface area (Å²) in [5.74, 6) is -1.35. The second-order valence-electron chi connectivity index (χ2n) is 4.52. The van der Waals surface area contributed by atoms with E-state index in [1.165, 1.54) is 29.5 Å². The molecule has 0 aliphatic heterocycles. The monoisotopic (exact) mass is 323 g/mol. The maximum atomic E-state index is 12.2. The molecule has 21 heavy (non-hydrogen) atoms. The first-order chi connectivity index (χ1) is 9.92. The van der Waals surface area contributed by atoms with Gasteiger partial charge in [0.2, 0.25) is 0 Å². The number of carbonyl (C=O) groups is 2. The first-order valence-electron chi connectivity index (χ1n) is 6.36. The molecule has 0 aliphatic carbocycles. The number of carbonyl (C=O) groups excluding carboxylic acids is 1. The van der Waals surface area contributed by atoms with E-state index in [9.17, 15) is 9.59 Å². The first kappa shape index (κ1) is 15.5. The Balaban J connectivity index is 2.26. The van der Waals surface area contributed by atoms with Crippen molar-refractivity contribution in [1.29, 1.82) is 0 Å². The molecular weight excluding hydrogens is 310 g/mol. The number of thiophene rings is 1. The molecule has 2 rings (SSSR count). The van der Waals surface area contributed by atoms with Gasteiger partial charge < -0.3 is 10.4 Å². The lowest BCUT2D eigenvalue weighted by atomic mass is 10.2. The van der Waals surface area contributed by atoms with Crippen molar-refractivity contribution in [2.45, 2.75) is 20.3 Å². The Morgan fingerprint density at radius 2 is 2.05 bits per heavy atom. The fourth-order valence-corrected chi connectivity index (χ4v) is 3.09. The average molecular weight is 324 g/mol. The van der Waals surface area contributed by atoms with Crippen LogP contribution in [0.3, 0.4) is 0 Å². The SMILES string of the molecule is CCc1sc(C(=O)Nc2cc(C(=O)O)ccc2Cl)cc1C. The maximum absolute atomic E-state index is 12.2. The molecule has 2 N–H and O–H groups in total. The Morgan fingerprint density at radius 1 is 1.33 bits per heavy atom. The van der Waals surface area contributed by atoms with Gasteiger partial charge >= 0.3 is 5.97 Å². The molecule has 0 saturated heterocycles. The van der Waals surface area contributed by atoms with Gasteiger partial charge in [0.15, 0.2) is 0 Å². The second kappa shape index (κ2) is 6.28. The van der Waals surface area contributed by atoms with Crippen LogP contribution >= 0.6 is 22.9 Å². The number of amides is 1. The Kier molecular flexibility index (Phi) is 4.65. The third-order valence-electron chi connectivity index (χ3n) is 3.03. The molecule has 1 aromatic carbocycles. The van der Waals surface area contributed by atoms with E-state index in [4.69, 9.17) is 16.7 Å². The van der Waals surface area contributed by atoms with Crippen molar-refractivity contribution in [3.05, 3.63) is 50.2 Å². The molecule has 0 bridgehead atoms. The number of hydrogen-bond acceptors (Lipinski definition) is 3. The summed E-state index contributed by atoms with van der Waals surface area (Å²) in [7, 11) is 0. The van der Waals surface area contributed by atoms with Crippen LogP contribution in [-0.2, 0) is 6.42 Å². The Hall–Kier alpha value is -1.85. The highest BCUT2D eigenvalue weighted by molar-refractivity contribution is 7.14. The van der Waals surface area contributed by atoms with Crippen LogP contribution in [0, 0.1) is 6.92 Å². The van der Waals surface area contributed by atoms with Crippen LogP contribution in [-0.4, -0.2) is 17.0 Å². The van der Waals surface area contributed by atoms with E-state index in [1.807, 2.05) is 19.9 Å². The van der Waals surface area contributed by atoms with Gasteiger partial charge in [0.05, 0.1) is 21.2 Å². The molecule has 110 valence electrons. The fraction of sp³-hybridized carbons (Fsp3) is 0.200. The van der Waals surface area contributed by atoms with Crippen LogP contribution < -0.4 is 5.32 Å². The molecule has 2 aromatic rings. The van der Waals surface area contributed by atoms with Crippen LogP contribution in [0.4, 0.5) is 5.69 Å². The number of nitrogens with one attached hydrogen (secondary N) is 1. The highest BCUT2D eigenvalue weighted by Gasteiger charge is 2.14. The second-order valence-corrected chi connectivity index (χ2v) is 6.07. The van der Waals surface area contributed by atoms with Crippen LogP contribution in [0.25, 0.3) is 0 Å². The Morgan fingerprint density at radius 3 is 2.62 bits per heavy atom. The standard InChI is InChI=1S/C15H14ClNO3S/c1-3-12-8(2)6-13(21-12)14(18)17-11-7-9(15(19)20)4-5-10(11)16/h4-7H,3H2,1-2H3,(H,17,18)(H,19,20). The molecule has 0 spiro atoms. The van der Waals surface area contributed by atoms with Gasteiger partial charge in [-0.15, -0.1) is 11.3 Å². The van der Waals surface area contributed by atoms with Crippen molar-refractivity contribution < 1.29 is 14.7 Å². The van der Waals surface area contributed by atoms with Crippen LogP contribution in [0.1, 0.15) is 37.4 Å². The summed E-state index contributed by atoms with van der Waals surface area (Å²) >= 11 is 7.42. The predicted molar refractivity (Wildman–Crippen MR) is 84.8 cm³/mol. The van der Waals surface area contributed by atoms with E-state index in [1.54, 1.807) is 0 Å². The molecule has 0 saturated carbocycles. The number of anilines is 1. The van der Waals surface area contributed by atoms with Gasteiger partial charge in [0.25, 0.3) is 5.91 Å². The summed E-state index contributed by atoms with van der Waals surface area (Å²) in [4.78, 5) is 24.9. The Bertz CT molecular complexity index is 709. The number of aromatic carboxylic acids is 1. The zero-order valence-corrected chi connectivity index (χ0v) is 13.1. The number of carboxylic acid groups (broad SMARTS) is 1. The van der Waals surface area contributed by atoms with E-state index < -0.39 is 5.97 Å². The summed E-state index contributed by atoms with van der Waals surface area (Å²) in [6.45, 7) is 4.00. The van der Waals surface area contributed by atoms with Gasteiger partial charge in [-0.25, -0.2) is 4.79 Å². The van der Waals surface area contributed by atoms with Crippen molar-refractivity contribution >= 4 is 40.5 Å². The van der Waals surface area contributed by atoms with E-state index in [-0.39, 0.29) is 11.5 Å². The lowest BCUT2D eigenvalue weighted by molar-refractivity contribution is 0.0696.